The van der Waals surface area contributed by atoms with Crippen LogP contribution in [-0.4, -0.2) is 17.5 Å². The smallest absolute Gasteiger partial charge is 0.262 e. The van der Waals surface area contributed by atoms with Crippen LogP contribution in [0.1, 0.15) is 5.56 Å². The van der Waals surface area contributed by atoms with Crippen LogP contribution in [0.5, 0.6) is 5.75 Å². The van der Waals surface area contributed by atoms with E-state index in [9.17, 15) is 4.79 Å². The Balaban J connectivity index is 1.56. The fraction of sp³-hybridized carbons (Fsp3) is 0.100. The molecule has 1 heterocycles. The van der Waals surface area contributed by atoms with E-state index >= 15 is 0 Å². The summed E-state index contributed by atoms with van der Waals surface area (Å²) in [5, 5.41) is 6.09. The number of halogens is 1. The lowest BCUT2D eigenvalue weighted by Gasteiger charge is -2.13. The van der Waals surface area contributed by atoms with Crippen molar-refractivity contribution in [2.24, 2.45) is 0 Å². The topological polar surface area (TPSA) is 63.2 Å². The van der Waals surface area contributed by atoms with Crippen molar-refractivity contribution < 1.29 is 9.53 Å². The first-order valence-corrected chi connectivity index (χ1v) is 8.90. The highest BCUT2D eigenvalue weighted by atomic mass is 79.9. The molecule has 0 aliphatic rings. The summed E-state index contributed by atoms with van der Waals surface area (Å²) in [6, 6.07) is 18.9. The van der Waals surface area contributed by atoms with Gasteiger partial charge >= 0.3 is 0 Å². The first-order chi connectivity index (χ1) is 12.7. The number of hydrogen-bond donors (Lipinski definition) is 2. The van der Waals surface area contributed by atoms with E-state index in [0.29, 0.717) is 12.3 Å². The van der Waals surface area contributed by atoms with Crippen molar-refractivity contribution in [3.05, 3.63) is 83.1 Å². The highest BCUT2D eigenvalue weighted by molar-refractivity contribution is 9.10. The third-order valence-electron chi connectivity index (χ3n) is 3.60. The van der Waals surface area contributed by atoms with Crippen LogP contribution in [0.25, 0.3) is 0 Å². The van der Waals surface area contributed by atoms with Crippen LogP contribution in [0.15, 0.2) is 77.5 Å². The molecule has 0 fully saturated rings. The lowest BCUT2D eigenvalue weighted by Crippen LogP contribution is -2.20. The van der Waals surface area contributed by atoms with Crippen LogP contribution in [0.2, 0.25) is 0 Å². The van der Waals surface area contributed by atoms with Crippen molar-refractivity contribution in [1.29, 1.82) is 0 Å². The first kappa shape index (κ1) is 17.9. The lowest BCUT2D eigenvalue weighted by molar-refractivity contribution is -0.118. The molecular weight excluding hydrogens is 394 g/mol. The second-order valence-electron chi connectivity index (χ2n) is 5.55. The first-order valence-electron chi connectivity index (χ1n) is 8.11. The van der Waals surface area contributed by atoms with Crippen LogP contribution in [0, 0.1) is 0 Å². The minimum Gasteiger partial charge on any atom is -0.483 e. The molecule has 132 valence electrons. The number of carbonyl (C=O) groups excluding carboxylic acids is 1. The van der Waals surface area contributed by atoms with Gasteiger partial charge in [0.25, 0.3) is 5.91 Å². The SMILES string of the molecule is O=C(COc1ccccc1CNc1cccnc1)Nc1ccc(Br)cc1. The van der Waals surface area contributed by atoms with Gasteiger partial charge in [0.05, 0.1) is 5.69 Å². The summed E-state index contributed by atoms with van der Waals surface area (Å²) < 4.78 is 6.67. The van der Waals surface area contributed by atoms with E-state index in [4.69, 9.17) is 4.74 Å². The van der Waals surface area contributed by atoms with E-state index in [0.717, 1.165) is 21.4 Å². The average molecular weight is 412 g/mol. The largest absolute Gasteiger partial charge is 0.483 e. The normalized spacial score (nSPS) is 10.2. The molecule has 0 spiro atoms. The number of ether oxygens (including phenoxy) is 1. The molecule has 0 atom stereocenters. The standard InChI is InChI=1S/C20H18BrN3O2/c21-16-7-9-17(10-8-16)24-20(25)14-26-19-6-2-1-4-15(19)12-23-18-5-3-11-22-13-18/h1-11,13,23H,12,14H2,(H,24,25). The molecule has 0 aliphatic carbocycles. The molecule has 0 saturated heterocycles. The van der Waals surface area contributed by atoms with Crippen LogP contribution >= 0.6 is 15.9 Å². The van der Waals surface area contributed by atoms with Gasteiger partial charge in [0, 0.05) is 34.7 Å². The Labute approximate surface area is 160 Å². The molecule has 0 bridgehead atoms. The van der Waals surface area contributed by atoms with Gasteiger partial charge in [-0.25, -0.2) is 0 Å². The molecule has 0 aliphatic heterocycles. The Bertz CT molecular complexity index is 854. The number of amides is 1. The van der Waals surface area contributed by atoms with Crippen molar-refractivity contribution in [2.45, 2.75) is 6.54 Å². The van der Waals surface area contributed by atoms with Gasteiger partial charge in [0.15, 0.2) is 6.61 Å². The van der Waals surface area contributed by atoms with Crippen LogP contribution in [0.4, 0.5) is 11.4 Å². The molecule has 3 aromatic rings. The molecule has 26 heavy (non-hydrogen) atoms. The van der Waals surface area contributed by atoms with Crippen molar-refractivity contribution in [1.82, 2.24) is 4.98 Å². The van der Waals surface area contributed by atoms with E-state index < -0.39 is 0 Å². The summed E-state index contributed by atoms with van der Waals surface area (Å²) in [7, 11) is 0. The molecule has 1 aromatic heterocycles. The number of aromatic nitrogens is 1. The molecular formula is C20H18BrN3O2. The van der Waals surface area contributed by atoms with E-state index in [-0.39, 0.29) is 12.5 Å². The van der Waals surface area contributed by atoms with Crippen LogP contribution in [0.3, 0.4) is 0 Å². The zero-order valence-corrected chi connectivity index (χ0v) is 15.6. The summed E-state index contributed by atoms with van der Waals surface area (Å²) in [6.45, 7) is 0.524. The summed E-state index contributed by atoms with van der Waals surface area (Å²) >= 11 is 3.37. The Morgan fingerprint density at radius 3 is 2.58 bits per heavy atom. The number of benzene rings is 2. The number of hydrogen-bond acceptors (Lipinski definition) is 4. The van der Waals surface area contributed by atoms with Gasteiger partial charge in [-0.2, -0.15) is 0 Å². The molecule has 2 aromatic carbocycles. The third-order valence-corrected chi connectivity index (χ3v) is 4.13. The number of para-hydroxylation sites is 1. The zero-order valence-electron chi connectivity index (χ0n) is 14.0. The van der Waals surface area contributed by atoms with Gasteiger partial charge in [0.2, 0.25) is 0 Å². The Kier molecular flexibility index (Phi) is 6.22. The monoisotopic (exact) mass is 411 g/mol. The number of anilines is 2. The molecule has 6 heteroatoms. The van der Waals surface area contributed by atoms with Gasteiger partial charge in [-0.05, 0) is 42.5 Å². The fourth-order valence-corrected chi connectivity index (χ4v) is 2.59. The van der Waals surface area contributed by atoms with Gasteiger partial charge in [-0.15, -0.1) is 0 Å². The number of rotatable bonds is 7. The van der Waals surface area contributed by atoms with E-state index in [1.807, 2.05) is 60.7 Å². The van der Waals surface area contributed by atoms with Crippen molar-refractivity contribution in [2.75, 3.05) is 17.2 Å². The zero-order chi connectivity index (χ0) is 18.2. The Morgan fingerprint density at radius 2 is 1.81 bits per heavy atom. The van der Waals surface area contributed by atoms with Gasteiger partial charge in [-0.3, -0.25) is 9.78 Å². The van der Waals surface area contributed by atoms with Gasteiger partial charge in [-0.1, -0.05) is 34.1 Å². The maximum atomic E-state index is 12.1. The molecule has 5 nitrogen and oxygen atoms in total. The summed E-state index contributed by atoms with van der Waals surface area (Å²) in [5.41, 5.74) is 2.62. The number of nitrogens with zero attached hydrogens (tertiary/aromatic N) is 1. The number of carbonyl (C=O) groups is 1. The van der Waals surface area contributed by atoms with Crippen LogP contribution in [-0.2, 0) is 11.3 Å². The fourth-order valence-electron chi connectivity index (χ4n) is 2.33. The lowest BCUT2D eigenvalue weighted by atomic mass is 10.2. The van der Waals surface area contributed by atoms with Gasteiger partial charge < -0.3 is 15.4 Å². The number of nitrogens with one attached hydrogen (secondary N) is 2. The molecule has 3 rings (SSSR count). The summed E-state index contributed by atoms with van der Waals surface area (Å²) in [5.74, 6) is 0.470. The highest BCUT2D eigenvalue weighted by Gasteiger charge is 2.07. The third kappa shape index (κ3) is 5.32. The van der Waals surface area contributed by atoms with E-state index in [2.05, 4.69) is 31.5 Å². The molecule has 2 N–H and O–H groups in total. The Hall–Kier alpha value is -2.86. The van der Waals surface area contributed by atoms with Crippen LogP contribution < -0.4 is 15.4 Å². The van der Waals surface area contributed by atoms with Crippen molar-refractivity contribution in [3.63, 3.8) is 0 Å². The minimum absolute atomic E-state index is 0.0556. The maximum absolute atomic E-state index is 12.1. The molecule has 0 radical (unpaired) electrons. The van der Waals surface area contributed by atoms with Gasteiger partial charge in [0.1, 0.15) is 5.75 Å². The summed E-state index contributed by atoms with van der Waals surface area (Å²) in [4.78, 5) is 16.2. The van der Waals surface area contributed by atoms with Crippen molar-refractivity contribution >= 4 is 33.2 Å². The highest BCUT2D eigenvalue weighted by Crippen LogP contribution is 2.20. The summed E-state index contributed by atoms with van der Waals surface area (Å²) in [6.07, 6.45) is 3.49. The quantitative estimate of drug-likeness (QED) is 0.601. The maximum Gasteiger partial charge on any atom is 0.262 e. The average Bonchev–Trinajstić information content (AvgIpc) is 2.68. The molecule has 0 saturated carbocycles. The second-order valence-corrected chi connectivity index (χ2v) is 6.46. The number of pyridine rings is 1. The predicted molar refractivity (Wildman–Crippen MR) is 106 cm³/mol. The molecule has 0 unspecified atom stereocenters. The van der Waals surface area contributed by atoms with Crippen molar-refractivity contribution in [3.8, 4) is 5.75 Å². The predicted octanol–water partition coefficient (Wildman–Crippen LogP) is 4.47. The Morgan fingerprint density at radius 1 is 1.00 bits per heavy atom. The molecule has 1 amide bonds. The second kappa shape index (κ2) is 9.01. The minimum atomic E-state index is -0.206. The van der Waals surface area contributed by atoms with E-state index in [1.165, 1.54) is 0 Å². The van der Waals surface area contributed by atoms with E-state index in [1.54, 1.807) is 12.4 Å².